The first-order valence-corrected chi connectivity index (χ1v) is 6.25. The normalized spacial score (nSPS) is 10.6. The first-order valence-electron chi connectivity index (χ1n) is 5.88. The third-order valence-electron chi connectivity index (χ3n) is 2.50. The summed E-state index contributed by atoms with van der Waals surface area (Å²) in [5.41, 5.74) is 1.14. The molecule has 3 nitrogen and oxygen atoms in total. The van der Waals surface area contributed by atoms with Crippen LogP contribution in [0.4, 0.5) is 0 Å². The molecule has 0 unspecified atom stereocenters. The first kappa shape index (κ1) is 13.0. The van der Waals surface area contributed by atoms with Crippen molar-refractivity contribution in [2.24, 2.45) is 0 Å². The first-order chi connectivity index (χ1) is 8.75. The van der Waals surface area contributed by atoms with Crippen molar-refractivity contribution in [1.82, 2.24) is 5.32 Å². The third-order valence-corrected chi connectivity index (χ3v) is 2.81. The van der Waals surface area contributed by atoms with Gasteiger partial charge in [0.1, 0.15) is 18.1 Å². The zero-order valence-electron chi connectivity index (χ0n) is 10.3. The van der Waals surface area contributed by atoms with Gasteiger partial charge in [-0.1, -0.05) is 17.7 Å². The number of hydrogen-bond donors (Lipinski definition) is 1. The zero-order chi connectivity index (χ0) is 12.8. The monoisotopic (exact) mass is 265 g/mol. The maximum absolute atomic E-state index is 6.03. The maximum Gasteiger partial charge on any atom is 0.138 e. The fourth-order valence-electron chi connectivity index (χ4n) is 1.58. The van der Waals surface area contributed by atoms with E-state index < -0.39 is 0 Å². The van der Waals surface area contributed by atoms with Crippen molar-refractivity contribution in [3.05, 3.63) is 52.9 Å². The van der Waals surface area contributed by atoms with E-state index in [0.717, 1.165) is 23.6 Å². The van der Waals surface area contributed by atoms with E-state index in [0.29, 0.717) is 18.2 Å². The maximum atomic E-state index is 6.03. The largest absolute Gasteiger partial charge is 0.491 e. The van der Waals surface area contributed by atoms with E-state index in [4.69, 9.17) is 20.8 Å². The van der Waals surface area contributed by atoms with Gasteiger partial charge in [0.2, 0.25) is 0 Å². The SMILES string of the molecule is Cc1ccc(Cl)c(OCCNCc2ccco2)c1. The Kier molecular flexibility index (Phi) is 4.67. The summed E-state index contributed by atoms with van der Waals surface area (Å²) in [7, 11) is 0. The van der Waals surface area contributed by atoms with E-state index >= 15 is 0 Å². The number of benzene rings is 1. The van der Waals surface area contributed by atoms with Crippen LogP contribution in [0.15, 0.2) is 41.0 Å². The summed E-state index contributed by atoms with van der Waals surface area (Å²) in [6, 6.07) is 9.56. The van der Waals surface area contributed by atoms with Gasteiger partial charge in [-0.3, -0.25) is 0 Å². The van der Waals surface area contributed by atoms with Crippen LogP contribution < -0.4 is 10.1 Å². The minimum Gasteiger partial charge on any atom is -0.491 e. The van der Waals surface area contributed by atoms with E-state index in [-0.39, 0.29) is 0 Å². The molecule has 2 aromatic rings. The number of nitrogens with one attached hydrogen (secondary N) is 1. The van der Waals surface area contributed by atoms with Gasteiger partial charge in [0, 0.05) is 6.54 Å². The second-order valence-corrected chi connectivity index (χ2v) is 4.45. The minimum atomic E-state index is 0.573. The molecule has 1 N–H and O–H groups in total. The summed E-state index contributed by atoms with van der Waals surface area (Å²) < 4.78 is 10.8. The summed E-state index contributed by atoms with van der Waals surface area (Å²) >= 11 is 6.03. The van der Waals surface area contributed by atoms with Crippen molar-refractivity contribution >= 4 is 11.6 Å². The van der Waals surface area contributed by atoms with Crippen LogP contribution in [0, 0.1) is 6.92 Å². The average molecular weight is 266 g/mol. The van der Waals surface area contributed by atoms with Gasteiger partial charge in [0.15, 0.2) is 0 Å². The molecular formula is C14H16ClNO2. The van der Waals surface area contributed by atoms with Crippen molar-refractivity contribution in [3.63, 3.8) is 0 Å². The van der Waals surface area contributed by atoms with Crippen LogP contribution in [0.1, 0.15) is 11.3 Å². The highest BCUT2D eigenvalue weighted by Crippen LogP contribution is 2.24. The molecular weight excluding hydrogens is 250 g/mol. The fourth-order valence-corrected chi connectivity index (χ4v) is 1.75. The summed E-state index contributed by atoms with van der Waals surface area (Å²) in [6.07, 6.45) is 1.67. The molecule has 1 aromatic carbocycles. The van der Waals surface area contributed by atoms with E-state index in [9.17, 15) is 0 Å². The van der Waals surface area contributed by atoms with Crippen molar-refractivity contribution < 1.29 is 9.15 Å². The Morgan fingerprint density at radius 1 is 1.33 bits per heavy atom. The lowest BCUT2D eigenvalue weighted by Crippen LogP contribution is -2.20. The van der Waals surface area contributed by atoms with E-state index in [1.54, 1.807) is 6.26 Å². The standard InChI is InChI=1S/C14H16ClNO2/c1-11-4-5-13(15)14(9-11)18-8-6-16-10-12-3-2-7-17-12/h2-5,7,9,16H,6,8,10H2,1H3. The molecule has 0 spiro atoms. The average Bonchev–Trinajstić information content (AvgIpc) is 2.86. The summed E-state index contributed by atoms with van der Waals surface area (Å²) in [5.74, 6) is 1.65. The molecule has 0 bridgehead atoms. The predicted octanol–water partition coefficient (Wildman–Crippen LogP) is 3.41. The van der Waals surface area contributed by atoms with Gasteiger partial charge >= 0.3 is 0 Å². The molecule has 0 aliphatic heterocycles. The molecule has 18 heavy (non-hydrogen) atoms. The molecule has 0 amide bonds. The zero-order valence-corrected chi connectivity index (χ0v) is 11.0. The molecule has 0 atom stereocenters. The van der Waals surface area contributed by atoms with Crippen molar-refractivity contribution in [1.29, 1.82) is 0 Å². The highest BCUT2D eigenvalue weighted by molar-refractivity contribution is 6.32. The second kappa shape index (κ2) is 6.47. The number of ether oxygens (including phenoxy) is 1. The Labute approximate surface area is 112 Å². The molecule has 0 fully saturated rings. The van der Waals surface area contributed by atoms with Crippen LogP contribution in [0.3, 0.4) is 0 Å². The number of aryl methyl sites for hydroxylation is 1. The smallest absolute Gasteiger partial charge is 0.138 e. The fraction of sp³-hybridized carbons (Fsp3) is 0.286. The molecule has 0 radical (unpaired) electrons. The van der Waals surface area contributed by atoms with Crippen LogP contribution in [0.2, 0.25) is 5.02 Å². The van der Waals surface area contributed by atoms with Crippen LogP contribution in [-0.2, 0) is 6.54 Å². The van der Waals surface area contributed by atoms with Crippen LogP contribution in [0.25, 0.3) is 0 Å². The number of halogens is 1. The minimum absolute atomic E-state index is 0.573. The number of hydrogen-bond acceptors (Lipinski definition) is 3. The topological polar surface area (TPSA) is 34.4 Å². The number of furan rings is 1. The lowest BCUT2D eigenvalue weighted by atomic mass is 10.2. The van der Waals surface area contributed by atoms with Gasteiger partial charge in [-0.15, -0.1) is 0 Å². The van der Waals surface area contributed by atoms with Crippen molar-refractivity contribution in [2.45, 2.75) is 13.5 Å². The highest BCUT2D eigenvalue weighted by Gasteiger charge is 2.01. The lowest BCUT2D eigenvalue weighted by molar-refractivity contribution is 0.311. The van der Waals surface area contributed by atoms with Gasteiger partial charge < -0.3 is 14.5 Å². The van der Waals surface area contributed by atoms with E-state index in [1.807, 2.05) is 37.3 Å². The molecule has 0 aliphatic rings. The van der Waals surface area contributed by atoms with Gasteiger partial charge in [-0.2, -0.15) is 0 Å². The van der Waals surface area contributed by atoms with Gasteiger partial charge in [-0.25, -0.2) is 0 Å². The molecule has 1 heterocycles. The van der Waals surface area contributed by atoms with Gasteiger partial charge in [-0.05, 0) is 36.8 Å². The van der Waals surface area contributed by atoms with Crippen LogP contribution >= 0.6 is 11.6 Å². The Morgan fingerprint density at radius 3 is 3.00 bits per heavy atom. The summed E-state index contributed by atoms with van der Waals surface area (Å²) in [4.78, 5) is 0. The summed E-state index contributed by atoms with van der Waals surface area (Å²) in [6.45, 7) is 4.03. The predicted molar refractivity (Wildman–Crippen MR) is 72.1 cm³/mol. The Morgan fingerprint density at radius 2 is 2.22 bits per heavy atom. The van der Waals surface area contributed by atoms with Gasteiger partial charge in [0.05, 0.1) is 17.8 Å². The quantitative estimate of drug-likeness (QED) is 0.813. The number of rotatable bonds is 6. The molecule has 1 aromatic heterocycles. The molecule has 96 valence electrons. The van der Waals surface area contributed by atoms with Crippen molar-refractivity contribution in [2.75, 3.05) is 13.2 Å². The van der Waals surface area contributed by atoms with Crippen LogP contribution in [0.5, 0.6) is 5.75 Å². The lowest BCUT2D eigenvalue weighted by Gasteiger charge is -2.09. The van der Waals surface area contributed by atoms with E-state index in [1.165, 1.54) is 0 Å². The molecule has 2 rings (SSSR count). The second-order valence-electron chi connectivity index (χ2n) is 4.04. The van der Waals surface area contributed by atoms with E-state index in [2.05, 4.69) is 5.32 Å². The highest BCUT2D eigenvalue weighted by atomic mass is 35.5. The Hall–Kier alpha value is -1.45. The summed E-state index contributed by atoms with van der Waals surface area (Å²) in [5, 5.41) is 3.88. The van der Waals surface area contributed by atoms with Crippen LogP contribution in [-0.4, -0.2) is 13.2 Å². The van der Waals surface area contributed by atoms with Gasteiger partial charge in [0.25, 0.3) is 0 Å². The molecule has 0 saturated heterocycles. The van der Waals surface area contributed by atoms with Crippen molar-refractivity contribution in [3.8, 4) is 5.75 Å². The molecule has 0 saturated carbocycles. The molecule has 0 aliphatic carbocycles. The third kappa shape index (κ3) is 3.79. The Bertz CT molecular complexity index is 483. The Balaban J connectivity index is 1.70. The molecule has 4 heteroatoms.